The zero-order valence-corrected chi connectivity index (χ0v) is 16.6. The first-order valence-corrected chi connectivity index (χ1v) is 9.53. The van der Waals surface area contributed by atoms with E-state index in [-0.39, 0.29) is 41.8 Å². The van der Waals surface area contributed by atoms with Crippen molar-refractivity contribution < 1.29 is 29.5 Å². The molecule has 1 fully saturated rings. The molecule has 0 aromatic heterocycles. The van der Waals surface area contributed by atoms with Crippen LogP contribution in [0.3, 0.4) is 0 Å². The fraction of sp³-hybridized carbons (Fsp3) is 0.227. The van der Waals surface area contributed by atoms with E-state index in [2.05, 4.69) is 0 Å². The number of hydrogen-bond donors (Lipinski definition) is 2. The van der Waals surface area contributed by atoms with E-state index in [0.29, 0.717) is 0 Å². The number of carboxylic acids is 1. The van der Waals surface area contributed by atoms with Crippen molar-refractivity contribution in [2.24, 2.45) is 0 Å². The van der Waals surface area contributed by atoms with Crippen LogP contribution in [0.4, 0.5) is 5.69 Å². The van der Waals surface area contributed by atoms with Gasteiger partial charge < -0.3 is 15.1 Å². The molecule has 0 aliphatic carbocycles. The third-order valence-electron chi connectivity index (χ3n) is 5.08. The van der Waals surface area contributed by atoms with Crippen molar-refractivity contribution in [2.45, 2.75) is 25.8 Å². The van der Waals surface area contributed by atoms with Gasteiger partial charge >= 0.3 is 5.97 Å². The lowest BCUT2D eigenvalue weighted by Crippen LogP contribution is -2.31. The zero-order chi connectivity index (χ0) is 22.7. The highest BCUT2D eigenvalue weighted by Gasteiger charge is 2.47. The molecular weight excluding hydrogens is 404 g/mol. The van der Waals surface area contributed by atoms with Gasteiger partial charge in [-0.2, -0.15) is 0 Å². The third kappa shape index (κ3) is 4.30. The molecule has 0 radical (unpaired) electrons. The number of Topliss-reactive ketones (excluding diaryl/α,β-unsaturated/α-hetero) is 1. The molecule has 1 saturated heterocycles. The number of aliphatic carboxylic acids is 1. The zero-order valence-electron chi connectivity index (χ0n) is 16.6. The number of aliphatic hydroxyl groups is 1. The Morgan fingerprint density at radius 2 is 1.74 bits per heavy atom. The van der Waals surface area contributed by atoms with Crippen LogP contribution >= 0.6 is 0 Å². The van der Waals surface area contributed by atoms with Crippen LogP contribution in [0.15, 0.2) is 54.1 Å². The monoisotopic (exact) mass is 424 g/mol. The molecule has 1 amide bonds. The van der Waals surface area contributed by atoms with E-state index in [1.165, 1.54) is 24.3 Å². The van der Waals surface area contributed by atoms with Crippen molar-refractivity contribution in [3.63, 3.8) is 0 Å². The van der Waals surface area contributed by atoms with Crippen molar-refractivity contribution in [1.29, 1.82) is 0 Å². The Morgan fingerprint density at radius 3 is 2.35 bits per heavy atom. The van der Waals surface area contributed by atoms with Gasteiger partial charge in [0.25, 0.3) is 17.4 Å². The Balaban J connectivity index is 2.18. The molecule has 0 bridgehead atoms. The summed E-state index contributed by atoms with van der Waals surface area (Å²) >= 11 is 0. The quantitative estimate of drug-likeness (QED) is 0.229. The molecule has 1 unspecified atom stereocenters. The Hall–Kier alpha value is -4.01. The number of nitrogens with zero attached hydrogens (tertiary/aromatic N) is 2. The van der Waals surface area contributed by atoms with E-state index >= 15 is 0 Å². The molecule has 2 N–H and O–H groups in total. The van der Waals surface area contributed by atoms with Crippen molar-refractivity contribution in [3.05, 3.63) is 80.9 Å². The lowest BCUT2D eigenvalue weighted by molar-refractivity contribution is -0.385. The van der Waals surface area contributed by atoms with Crippen LogP contribution in [0.1, 0.15) is 35.6 Å². The summed E-state index contributed by atoms with van der Waals surface area (Å²) in [5.41, 5.74) is 0.695. The SMILES string of the molecule is Cc1ccc(C(O)=C2C(=O)C(=O)N(CCCC(=O)O)C2c2ccccc2[N+](=O)[O-])cc1. The predicted octanol–water partition coefficient (Wildman–Crippen LogP) is 3.19. The summed E-state index contributed by atoms with van der Waals surface area (Å²) in [6.45, 7) is 1.73. The lowest BCUT2D eigenvalue weighted by Gasteiger charge is -2.25. The molecule has 0 spiro atoms. The van der Waals surface area contributed by atoms with Gasteiger partial charge in [-0.25, -0.2) is 0 Å². The Bertz CT molecular complexity index is 1090. The van der Waals surface area contributed by atoms with Crippen LogP contribution in [0.25, 0.3) is 5.76 Å². The minimum Gasteiger partial charge on any atom is -0.507 e. The minimum absolute atomic E-state index is 0.0457. The first-order valence-electron chi connectivity index (χ1n) is 9.53. The standard InChI is InChI=1S/C22H20N2O7/c1-13-8-10-14(11-9-13)20(27)18-19(15-5-2-3-6-16(15)24(30)31)23(22(29)21(18)28)12-4-7-17(25)26/h2-3,5-6,8-11,19,27H,4,7,12H2,1H3,(H,25,26). The van der Waals surface area contributed by atoms with Crippen molar-refractivity contribution in [1.82, 2.24) is 4.90 Å². The number of carboxylic acid groups (broad SMARTS) is 1. The number of hydrogen-bond acceptors (Lipinski definition) is 6. The van der Waals surface area contributed by atoms with Crippen molar-refractivity contribution >= 4 is 29.1 Å². The number of amides is 1. The largest absolute Gasteiger partial charge is 0.507 e. The second-order valence-electron chi connectivity index (χ2n) is 7.17. The molecule has 1 aliphatic heterocycles. The number of carbonyl (C=O) groups is 3. The molecule has 9 heteroatoms. The number of likely N-dealkylation sites (tertiary alicyclic amines) is 1. The minimum atomic E-state index is -1.21. The summed E-state index contributed by atoms with van der Waals surface area (Å²) in [5, 5.41) is 31.4. The van der Waals surface area contributed by atoms with Crippen LogP contribution in [0, 0.1) is 17.0 Å². The maximum atomic E-state index is 12.9. The number of carbonyl (C=O) groups excluding carboxylic acids is 2. The molecule has 3 rings (SSSR count). The number of nitro benzene ring substituents is 1. The highest BCUT2D eigenvalue weighted by atomic mass is 16.6. The number of aliphatic hydroxyl groups excluding tert-OH is 1. The first kappa shape index (κ1) is 21.7. The van der Waals surface area contributed by atoms with E-state index < -0.39 is 34.4 Å². The number of nitro groups is 1. The highest BCUT2D eigenvalue weighted by Crippen LogP contribution is 2.42. The van der Waals surface area contributed by atoms with Crippen LogP contribution in [-0.2, 0) is 14.4 Å². The summed E-state index contributed by atoms with van der Waals surface area (Å²) in [5.74, 6) is -3.43. The van der Waals surface area contributed by atoms with Gasteiger partial charge in [-0.3, -0.25) is 24.5 Å². The van der Waals surface area contributed by atoms with Crippen molar-refractivity contribution in [2.75, 3.05) is 6.54 Å². The van der Waals surface area contributed by atoms with Gasteiger partial charge in [0.15, 0.2) is 0 Å². The first-order chi connectivity index (χ1) is 14.7. The van der Waals surface area contributed by atoms with E-state index in [1.807, 2.05) is 6.92 Å². The van der Waals surface area contributed by atoms with Gasteiger partial charge in [-0.05, 0) is 19.4 Å². The van der Waals surface area contributed by atoms with Gasteiger partial charge in [0.05, 0.1) is 22.1 Å². The molecule has 31 heavy (non-hydrogen) atoms. The number of benzene rings is 2. The summed E-state index contributed by atoms with van der Waals surface area (Å²) in [7, 11) is 0. The fourth-order valence-electron chi connectivity index (χ4n) is 3.59. The average molecular weight is 424 g/mol. The van der Waals surface area contributed by atoms with E-state index in [9.17, 15) is 29.6 Å². The normalized spacial score (nSPS) is 17.7. The topological polar surface area (TPSA) is 138 Å². The van der Waals surface area contributed by atoms with Crippen LogP contribution in [0.2, 0.25) is 0 Å². The highest BCUT2D eigenvalue weighted by molar-refractivity contribution is 6.46. The molecule has 1 atom stereocenters. The average Bonchev–Trinajstić information content (AvgIpc) is 2.98. The number of aryl methyl sites for hydroxylation is 1. The molecule has 1 heterocycles. The van der Waals surface area contributed by atoms with E-state index in [4.69, 9.17) is 5.11 Å². The van der Waals surface area contributed by atoms with E-state index in [1.54, 1.807) is 24.3 Å². The fourth-order valence-corrected chi connectivity index (χ4v) is 3.59. The summed E-state index contributed by atoms with van der Waals surface area (Å²) < 4.78 is 0. The number of ketones is 1. The van der Waals surface area contributed by atoms with Crippen molar-refractivity contribution in [3.8, 4) is 0 Å². The Morgan fingerprint density at radius 1 is 1.10 bits per heavy atom. The van der Waals surface area contributed by atoms with Gasteiger partial charge in [-0.15, -0.1) is 0 Å². The molecule has 2 aromatic rings. The second kappa shape index (κ2) is 8.78. The lowest BCUT2D eigenvalue weighted by atomic mass is 9.94. The maximum absolute atomic E-state index is 12.9. The molecule has 0 saturated carbocycles. The molecule has 9 nitrogen and oxygen atoms in total. The summed E-state index contributed by atoms with van der Waals surface area (Å²) in [6.07, 6.45) is -0.200. The Kier molecular flexibility index (Phi) is 6.15. The van der Waals surface area contributed by atoms with Crippen LogP contribution in [0.5, 0.6) is 0 Å². The number of rotatable bonds is 7. The van der Waals surface area contributed by atoms with Gasteiger partial charge in [0, 0.05) is 24.6 Å². The number of para-hydroxylation sites is 1. The maximum Gasteiger partial charge on any atom is 0.303 e. The predicted molar refractivity (Wildman–Crippen MR) is 110 cm³/mol. The molecular formula is C22H20N2O7. The van der Waals surface area contributed by atoms with Gasteiger partial charge in [-0.1, -0.05) is 42.0 Å². The van der Waals surface area contributed by atoms with E-state index in [0.717, 1.165) is 10.5 Å². The molecule has 2 aromatic carbocycles. The van der Waals surface area contributed by atoms with Crippen LogP contribution in [-0.4, -0.2) is 44.2 Å². The van der Waals surface area contributed by atoms with Crippen LogP contribution < -0.4 is 0 Å². The summed E-state index contributed by atoms with van der Waals surface area (Å²) in [6, 6.07) is 11.1. The summed E-state index contributed by atoms with van der Waals surface area (Å²) in [4.78, 5) is 48.6. The molecule has 1 aliphatic rings. The Labute approximate surface area is 177 Å². The second-order valence-corrected chi connectivity index (χ2v) is 7.17. The molecule has 160 valence electrons. The third-order valence-corrected chi connectivity index (χ3v) is 5.08. The smallest absolute Gasteiger partial charge is 0.303 e. The van der Waals surface area contributed by atoms with Gasteiger partial charge in [0.2, 0.25) is 0 Å². The van der Waals surface area contributed by atoms with Gasteiger partial charge in [0.1, 0.15) is 5.76 Å².